The van der Waals surface area contributed by atoms with E-state index in [4.69, 9.17) is 25.3 Å². The molecule has 2 aliphatic rings. The molecule has 2 rings (SSSR count). The Balaban J connectivity index is 1.93. The predicted molar refractivity (Wildman–Crippen MR) is 112 cm³/mol. The number of thiol groups is 4. The molecule has 5 heteroatoms. The topological polar surface area (TPSA) is 0 Å². The van der Waals surface area contributed by atoms with Gasteiger partial charge in [0.05, 0.1) is 0 Å². The summed E-state index contributed by atoms with van der Waals surface area (Å²) < 4.78 is 0. The van der Waals surface area contributed by atoms with E-state index in [1.165, 1.54) is 51.4 Å². The van der Waals surface area contributed by atoms with E-state index in [2.05, 4.69) is 37.0 Å². The summed E-state index contributed by atoms with van der Waals surface area (Å²) >= 11 is 20.7. The minimum atomic E-state index is 0.619. The molecular weight excluding hydrogens is 353 g/mol. The minimum Gasteiger partial charge on any atom is -0.179 e. The standard InChI is InChI=1S/C16H30S5/c17-7-5-11-9-13(19)1-3-15(11)21-16-4-2-14(20)10-12(16)6-8-18/h11-20H,1-10H2. The van der Waals surface area contributed by atoms with Crippen LogP contribution in [0.4, 0.5) is 0 Å². The van der Waals surface area contributed by atoms with Gasteiger partial charge in [-0.2, -0.15) is 62.3 Å². The van der Waals surface area contributed by atoms with Crippen LogP contribution in [0.2, 0.25) is 0 Å². The molecule has 0 nitrogen and oxygen atoms in total. The van der Waals surface area contributed by atoms with Crippen molar-refractivity contribution in [2.45, 2.75) is 72.4 Å². The largest absolute Gasteiger partial charge is 0.179 e. The smallest absolute Gasteiger partial charge is 0.00792 e. The number of rotatable bonds is 6. The average molecular weight is 383 g/mol. The molecule has 0 aromatic carbocycles. The summed E-state index contributed by atoms with van der Waals surface area (Å²) in [5, 5.41) is 2.91. The van der Waals surface area contributed by atoms with Gasteiger partial charge in [0, 0.05) is 21.0 Å². The van der Waals surface area contributed by atoms with E-state index in [1.807, 2.05) is 0 Å². The van der Waals surface area contributed by atoms with E-state index in [0.717, 1.165) is 33.8 Å². The molecule has 0 heterocycles. The van der Waals surface area contributed by atoms with Gasteiger partial charge < -0.3 is 0 Å². The molecule has 0 N–H and O–H groups in total. The van der Waals surface area contributed by atoms with E-state index < -0.39 is 0 Å². The predicted octanol–water partition coefficient (Wildman–Crippen LogP) is 5.29. The van der Waals surface area contributed by atoms with Gasteiger partial charge in [0.15, 0.2) is 0 Å². The van der Waals surface area contributed by atoms with Gasteiger partial charge in [-0.15, -0.1) is 0 Å². The summed E-state index contributed by atoms with van der Waals surface area (Å²) in [4.78, 5) is 0. The fourth-order valence-corrected chi connectivity index (χ4v) is 7.38. The SMILES string of the molecule is SCCC1CC(S)CCC1SC1CCC(S)CC1CCS. The summed E-state index contributed by atoms with van der Waals surface area (Å²) in [6, 6.07) is 0. The Bertz CT molecular complexity index is 270. The quantitative estimate of drug-likeness (QED) is 0.453. The molecule has 0 aromatic heterocycles. The first kappa shape index (κ1) is 19.1. The van der Waals surface area contributed by atoms with E-state index in [9.17, 15) is 0 Å². The third kappa shape index (κ3) is 5.95. The zero-order valence-electron chi connectivity index (χ0n) is 12.7. The monoisotopic (exact) mass is 382 g/mol. The minimum absolute atomic E-state index is 0.619. The van der Waals surface area contributed by atoms with Gasteiger partial charge in [-0.25, -0.2) is 0 Å². The number of thioether (sulfide) groups is 1. The first-order valence-electron chi connectivity index (χ1n) is 8.37. The highest BCUT2D eigenvalue weighted by molar-refractivity contribution is 8.00. The van der Waals surface area contributed by atoms with Gasteiger partial charge >= 0.3 is 0 Å². The lowest BCUT2D eigenvalue weighted by molar-refractivity contribution is 0.353. The Hall–Kier alpha value is 1.75. The molecule has 0 aromatic rings. The van der Waals surface area contributed by atoms with Gasteiger partial charge in [0.2, 0.25) is 0 Å². The molecule has 6 atom stereocenters. The second kappa shape index (κ2) is 9.90. The van der Waals surface area contributed by atoms with Gasteiger partial charge in [0.1, 0.15) is 0 Å². The third-order valence-electron chi connectivity index (χ3n) is 5.12. The second-order valence-electron chi connectivity index (χ2n) is 6.69. The zero-order chi connectivity index (χ0) is 15.2. The second-order valence-corrected chi connectivity index (χ2v) is 10.5. The summed E-state index contributed by atoms with van der Waals surface area (Å²) in [7, 11) is 0. The Morgan fingerprint density at radius 1 is 0.714 bits per heavy atom. The summed E-state index contributed by atoms with van der Waals surface area (Å²) in [5.41, 5.74) is 0. The van der Waals surface area contributed by atoms with E-state index >= 15 is 0 Å². The molecule has 2 saturated carbocycles. The van der Waals surface area contributed by atoms with Crippen molar-refractivity contribution in [3.05, 3.63) is 0 Å². The number of hydrogen-bond acceptors (Lipinski definition) is 5. The molecule has 6 unspecified atom stereocenters. The lowest BCUT2D eigenvalue weighted by Crippen LogP contribution is -2.34. The van der Waals surface area contributed by atoms with Gasteiger partial charge in [0.25, 0.3) is 0 Å². The van der Waals surface area contributed by atoms with Crippen LogP contribution < -0.4 is 0 Å². The lowest BCUT2D eigenvalue weighted by Gasteiger charge is -2.40. The zero-order valence-corrected chi connectivity index (χ0v) is 17.1. The van der Waals surface area contributed by atoms with Crippen molar-refractivity contribution in [3.8, 4) is 0 Å². The van der Waals surface area contributed by atoms with Crippen molar-refractivity contribution >= 4 is 62.3 Å². The molecular formula is C16H30S5. The average Bonchev–Trinajstić information content (AvgIpc) is 2.45. The lowest BCUT2D eigenvalue weighted by atomic mass is 9.86. The van der Waals surface area contributed by atoms with E-state index in [1.54, 1.807) is 0 Å². The van der Waals surface area contributed by atoms with Crippen LogP contribution in [0.5, 0.6) is 0 Å². The molecule has 124 valence electrons. The van der Waals surface area contributed by atoms with Crippen LogP contribution >= 0.6 is 62.3 Å². The highest BCUT2D eigenvalue weighted by Gasteiger charge is 2.35. The Kier molecular flexibility index (Phi) is 9.00. The van der Waals surface area contributed by atoms with Crippen molar-refractivity contribution in [1.29, 1.82) is 0 Å². The molecule has 2 aliphatic carbocycles. The maximum Gasteiger partial charge on any atom is 0.00792 e. The Labute approximate surface area is 157 Å². The number of hydrogen-bond donors (Lipinski definition) is 4. The van der Waals surface area contributed by atoms with Crippen LogP contribution in [0, 0.1) is 11.8 Å². The van der Waals surface area contributed by atoms with Crippen molar-refractivity contribution < 1.29 is 0 Å². The van der Waals surface area contributed by atoms with Crippen LogP contribution in [0.1, 0.15) is 51.4 Å². The highest BCUT2D eigenvalue weighted by atomic mass is 32.2. The Morgan fingerprint density at radius 2 is 1.14 bits per heavy atom. The van der Waals surface area contributed by atoms with E-state index in [-0.39, 0.29) is 0 Å². The normalized spacial score (nSPS) is 41.1. The van der Waals surface area contributed by atoms with E-state index in [0.29, 0.717) is 10.5 Å². The van der Waals surface area contributed by atoms with Crippen molar-refractivity contribution in [3.63, 3.8) is 0 Å². The fraction of sp³-hybridized carbons (Fsp3) is 1.00. The van der Waals surface area contributed by atoms with Gasteiger partial charge in [-0.05, 0) is 74.7 Å². The van der Waals surface area contributed by atoms with Crippen LogP contribution in [0.25, 0.3) is 0 Å². The van der Waals surface area contributed by atoms with Crippen LogP contribution in [-0.4, -0.2) is 32.5 Å². The summed E-state index contributed by atoms with van der Waals surface area (Å²) in [5.74, 6) is 3.69. The molecule has 21 heavy (non-hydrogen) atoms. The molecule has 0 amide bonds. The Morgan fingerprint density at radius 3 is 1.52 bits per heavy atom. The maximum absolute atomic E-state index is 4.73. The molecule has 2 fully saturated rings. The van der Waals surface area contributed by atoms with Gasteiger partial charge in [-0.1, -0.05) is 0 Å². The third-order valence-corrected chi connectivity index (χ3v) is 8.51. The summed E-state index contributed by atoms with van der Waals surface area (Å²) in [6.07, 6.45) is 10.4. The first-order valence-corrected chi connectivity index (χ1v) is 11.6. The molecule has 0 saturated heterocycles. The molecule has 0 aliphatic heterocycles. The van der Waals surface area contributed by atoms with Crippen molar-refractivity contribution in [2.24, 2.45) is 11.8 Å². The van der Waals surface area contributed by atoms with Gasteiger partial charge in [-0.3, -0.25) is 0 Å². The maximum atomic E-state index is 4.73. The summed E-state index contributed by atoms with van der Waals surface area (Å²) in [6.45, 7) is 0. The van der Waals surface area contributed by atoms with Crippen LogP contribution in [-0.2, 0) is 0 Å². The molecule has 0 bridgehead atoms. The molecule has 0 spiro atoms. The fourth-order valence-electron chi connectivity index (χ4n) is 3.94. The van der Waals surface area contributed by atoms with Crippen molar-refractivity contribution in [2.75, 3.05) is 11.5 Å². The first-order chi connectivity index (χ1) is 10.1. The molecule has 0 radical (unpaired) electrons. The van der Waals surface area contributed by atoms with Crippen molar-refractivity contribution in [1.82, 2.24) is 0 Å². The van der Waals surface area contributed by atoms with Crippen LogP contribution in [0.3, 0.4) is 0 Å². The highest BCUT2D eigenvalue weighted by Crippen LogP contribution is 2.45. The van der Waals surface area contributed by atoms with Crippen LogP contribution in [0.15, 0.2) is 0 Å².